The smallest absolute Gasteiger partial charge is 0.253 e. The highest BCUT2D eigenvalue weighted by atomic mass is 35.5. The van der Waals surface area contributed by atoms with Crippen LogP contribution in [0.15, 0.2) is 77.7 Å². The van der Waals surface area contributed by atoms with E-state index in [1.54, 1.807) is 29.6 Å². The van der Waals surface area contributed by atoms with Crippen LogP contribution in [0.25, 0.3) is 0 Å². The van der Waals surface area contributed by atoms with Gasteiger partial charge in [-0.05, 0) is 49.2 Å². The van der Waals surface area contributed by atoms with Gasteiger partial charge >= 0.3 is 0 Å². The number of rotatable bonds is 7. The Kier molecular flexibility index (Phi) is 7.07. The third-order valence-corrected chi connectivity index (χ3v) is 6.16. The third kappa shape index (κ3) is 5.46. The van der Waals surface area contributed by atoms with Crippen molar-refractivity contribution in [2.45, 2.75) is 18.2 Å². The molecule has 4 nitrogen and oxygen atoms in total. The normalized spacial score (nSPS) is 11.7. The molecular formula is C23H23ClN2O2S. The Balaban J connectivity index is 1.76. The van der Waals surface area contributed by atoms with Crippen LogP contribution in [0.4, 0.5) is 5.69 Å². The van der Waals surface area contributed by atoms with Crippen molar-refractivity contribution in [1.29, 1.82) is 0 Å². The van der Waals surface area contributed by atoms with Crippen LogP contribution < -0.4 is 9.62 Å². The zero-order valence-corrected chi connectivity index (χ0v) is 18.0. The summed E-state index contributed by atoms with van der Waals surface area (Å²) in [6.07, 6.45) is 0.730. The first-order chi connectivity index (χ1) is 14.0. The molecule has 0 radical (unpaired) electrons. The summed E-state index contributed by atoms with van der Waals surface area (Å²) in [5, 5.41) is 3.39. The van der Waals surface area contributed by atoms with Gasteiger partial charge in [-0.3, -0.25) is 9.10 Å². The quantitative estimate of drug-likeness (QED) is 0.591. The maximum absolute atomic E-state index is 13.0. The molecule has 3 rings (SSSR count). The zero-order chi connectivity index (χ0) is 20.8. The van der Waals surface area contributed by atoms with E-state index in [1.165, 1.54) is 0 Å². The number of hydrogen-bond donors (Lipinski definition) is 1. The number of aryl methyl sites for hydroxylation is 1. The highest BCUT2D eigenvalue weighted by Gasteiger charge is 2.19. The summed E-state index contributed by atoms with van der Waals surface area (Å²) in [5.41, 5.74) is 3.20. The summed E-state index contributed by atoms with van der Waals surface area (Å²) in [7, 11) is 0.262. The predicted molar refractivity (Wildman–Crippen MR) is 120 cm³/mol. The number of halogens is 1. The van der Waals surface area contributed by atoms with Crippen molar-refractivity contribution in [1.82, 2.24) is 5.32 Å². The number of anilines is 1. The van der Waals surface area contributed by atoms with Crippen molar-refractivity contribution < 1.29 is 9.00 Å². The Morgan fingerprint density at radius 3 is 2.41 bits per heavy atom. The third-order valence-electron chi connectivity index (χ3n) is 4.56. The molecule has 29 heavy (non-hydrogen) atoms. The van der Waals surface area contributed by atoms with Gasteiger partial charge in [0.2, 0.25) is 0 Å². The molecule has 150 valence electrons. The van der Waals surface area contributed by atoms with Gasteiger partial charge in [0.25, 0.3) is 5.91 Å². The topological polar surface area (TPSA) is 49.4 Å². The maximum atomic E-state index is 13.0. The molecule has 0 saturated heterocycles. The average molecular weight is 427 g/mol. The van der Waals surface area contributed by atoms with Crippen LogP contribution in [-0.4, -0.2) is 23.7 Å². The standard InChI is InChI=1S/C23H23ClN2O2S/c1-17-8-11-20(12-9-17)29(28)26(2)22-13-10-19(24)16-21(22)23(27)25-15-14-18-6-4-3-5-7-18/h3-13,16H,14-15H2,1-2H3,(H,25,27). The monoisotopic (exact) mass is 426 g/mol. The van der Waals surface area contributed by atoms with Crippen molar-refractivity contribution in [3.05, 3.63) is 94.5 Å². The molecule has 1 N–H and O–H groups in total. The van der Waals surface area contributed by atoms with Crippen LogP contribution in [0.1, 0.15) is 21.5 Å². The van der Waals surface area contributed by atoms with E-state index in [0.717, 1.165) is 17.5 Å². The summed E-state index contributed by atoms with van der Waals surface area (Å²) >= 11 is 6.14. The minimum atomic E-state index is -1.45. The summed E-state index contributed by atoms with van der Waals surface area (Å²) in [4.78, 5) is 13.5. The molecule has 0 aliphatic rings. The second-order valence-corrected chi connectivity index (χ2v) is 8.67. The number of amides is 1. The van der Waals surface area contributed by atoms with E-state index in [4.69, 9.17) is 11.6 Å². The van der Waals surface area contributed by atoms with E-state index in [0.29, 0.717) is 27.7 Å². The van der Waals surface area contributed by atoms with Crippen LogP contribution in [0.2, 0.25) is 5.02 Å². The highest BCUT2D eigenvalue weighted by Crippen LogP contribution is 2.26. The first kappa shape index (κ1) is 21.1. The average Bonchev–Trinajstić information content (AvgIpc) is 2.74. The molecule has 3 aromatic rings. The Labute approximate surface area is 179 Å². The lowest BCUT2D eigenvalue weighted by Gasteiger charge is -2.21. The number of hydrogen-bond acceptors (Lipinski definition) is 2. The van der Waals surface area contributed by atoms with Crippen LogP contribution >= 0.6 is 11.6 Å². The van der Waals surface area contributed by atoms with Gasteiger partial charge in [0.05, 0.1) is 16.1 Å². The van der Waals surface area contributed by atoms with Gasteiger partial charge in [0.15, 0.2) is 11.0 Å². The Bertz CT molecular complexity index is 1010. The largest absolute Gasteiger partial charge is 0.352 e. The molecule has 0 bridgehead atoms. The lowest BCUT2D eigenvalue weighted by atomic mass is 10.1. The second-order valence-electron chi connectivity index (χ2n) is 6.71. The van der Waals surface area contributed by atoms with Crippen molar-refractivity contribution in [2.75, 3.05) is 17.9 Å². The highest BCUT2D eigenvalue weighted by molar-refractivity contribution is 7.86. The number of nitrogens with zero attached hydrogens (tertiary/aromatic N) is 1. The molecule has 3 aromatic carbocycles. The molecule has 6 heteroatoms. The first-order valence-electron chi connectivity index (χ1n) is 9.29. The molecule has 0 aromatic heterocycles. The van der Waals surface area contributed by atoms with Crippen LogP contribution in [-0.2, 0) is 17.4 Å². The molecule has 0 fully saturated rings. The fourth-order valence-corrected chi connectivity index (χ4v) is 4.12. The first-order valence-corrected chi connectivity index (χ1v) is 10.8. The lowest BCUT2D eigenvalue weighted by molar-refractivity contribution is 0.0955. The zero-order valence-electron chi connectivity index (χ0n) is 16.4. The van der Waals surface area contributed by atoms with Crippen LogP contribution in [0, 0.1) is 6.92 Å². The van der Waals surface area contributed by atoms with Crippen molar-refractivity contribution in [3.63, 3.8) is 0 Å². The van der Waals surface area contributed by atoms with Crippen LogP contribution in [0.3, 0.4) is 0 Å². The van der Waals surface area contributed by atoms with Crippen molar-refractivity contribution in [3.8, 4) is 0 Å². The molecule has 1 atom stereocenters. The number of benzene rings is 3. The van der Waals surface area contributed by atoms with Crippen molar-refractivity contribution >= 4 is 34.2 Å². The van der Waals surface area contributed by atoms with E-state index in [-0.39, 0.29) is 5.91 Å². The summed E-state index contributed by atoms with van der Waals surface area (Å²) in [6.45, 7) is 2.48. The minimum absolute atomic E-state index is 0.244. The maximum Gasteiger partial charge on any atom is 0.253 e. The molecule has 0 aliphatic carbocycles. The van der Waals surface area contributed by atoms with E-state index in [9.17, 15) is 9.00 Å². The van der Waals surface area contributed by atoms with E-state index >= 15 is 0 Å². The van der Waals surface area contributed by atoms with E-state index in [1.807, 2.05) is 61.5 Å². The van der Waals surface area contributed by atoms with Crippen LogP contribution in [0.5, 0.6) is 0 Å². The molecule has 0 spiro atoms. The van der Waals surface area contributed by atoms with Crippen molar-refractivity contribution in [2.24, 2.45) is 0 Å². The van der Waals surface area contributed by atoms with Gasteiger partial charge in [0, 0.05) is 18.6 Å². The van der Waals surface area contributed by atoms with Gasteiger partial charge in [-0.15, -0.1) is 0 Å². The van der Waals surface area contributed by atoms with Gasteiger partial charge < -0.3 is 5.32 Å². The summed E-state index contributed by atoms with van der Waals surface area (Å²) in [6, 6.07) is 22.5. The number of nitrogens with one attached hydrogen (secondary N) is 1. The van der Waals surface area contributed by atoms with E-state index in [2.05, 4.69) is 5.32 Å². The predicted octanol–water partition coefficient (Wildman–Crippen LogP) is 4.78. The van der Waals surface area contributed by atoms with E-state index < -0.39 is 11.0 Å². The number of carbonyl (C=O) groups excluding carboxylic acids is 1. The van der Waals surface area contributed by atoms with Gasteiger partial charge in [0.1, 0.15) is 0 Å². The molecular weight excluding hydrogens is 404 g/mol. The Morgan fingerprint density at radius 1 is 1.03 bits per heavy atom. The fraction of sp³-hybridized carbons (Fsp3) is 0.174. The van der Waals surface area contributed by atoms with Gasteiger partial charge in [-0.2, -0.15) is 0 Å². The SMILES string of the molecule is Cc1ccc(S(=O)N(C)c2ccc(Cl)cc2C(=O)NCCc2ccccc2)cc1. The minimum Gasteiger partial charge on any atom is -0.352 e. The summed E-state index contributed by atoms with van der Waals surface area (Å²) < 4.78 is 14.6. The molecule has 0 saturated carbocycles. The van der Waals surface area contributed by atoms with Gasteiger partial charge in [-0.1, -0.05) is 59.6 Å². The molecule has 0 heterocycles. The Morgan fingerprint density at radius 2 is 1.72 bits per heavy atom. The fourth-order valence-electron chi connectivity index (χ4n) is 2.93. The number of carbonyl (C=O) groups is 1. The molecule has 0 aliphatic heterocycles. The van der Waals surface area contributed by atoms with Gasteiger partial charge in [-0.25, -0.2) is 4.21 Å². The Hall–Kier alpha value is -2.63. The molecule has 1 unspecified atom stereocenters. The molecule has 1 amide bonds. The second kappa shape index (κ2) is 9.72. The summed E-state index contributed by atoms with van der Waals surface area (Å²) in [5.74, 6) is -0.244. The lowest BCUT2D eigenvalue weighted by Crippen LogP contribution is -2.29.